The standard InChI is InChI=1S/C17H25NO4S/c1-4-8-18(15-7-9-23(20,21)12-15)17(19)11-22-16-10-13(2)5-6-14(16)3/h5-6,10,15H,4,7-9,11-12H2,1-3H3. The van der Waals surface area contributed by atoms with Gasteiger partial charge < -0.3 is 9.64 Å². The SMILES string of the molecule is CCCN(C(=O)COc1cc(C)ccc1C)C1CCS(=O)(=O)C1. The molecule has 1 saturated heterocycles. The summed E-state index contributed by atoms with van der Waals surface area (Å²) in [5.74, 6) is 0.800. The summed E-state index contributed by atoms with van der Waals surface area (Å²) in [5.41, 5.74) is 2.05. The highest BCUT2D eigenvalue weighted by Gasteiger charge is 2.34. The zero-order valence-electron chi connectivity index (χ0n) is 14.0. The van der Waals surface area contributed by atoms with Crippen molar-refractivity contribution in [1.29, 1.82) is 0 Å². The highest BCUT2D eigenvalue weighted by molar-refractivity contribution is 7.91. The average molecular weight is 339 g/mol. The summed E-state index contributed by atoms with van der Waals surface area (Å²) in [6.07, 6.45) is 1.32. The number of rotatable bonds is 6. The van der Waals surface area contributed by atoms with Crippen LogP contribution in [-0.2, 0) is 14.6 Å². The van der Waals surface area contributed by atoms with Gasteiger partial charge in [-0.2, -0.15) is 0 Å². The van der Waals surface area contributed by atoms with Crippen molar-refractivity contribution in [3.63, 3.8) is 0 Å². The number of amides is 1. The number of aryl methyl sites for hydroxylation is 2. The van der Waals surface area contributed by atoms with Crippen molar-refractivity contribution in [2.45, 2.75) is 39.7 Å². The molecule has 0 N–H and O–H groups in total. The Morgan fingerprint density at radius 1 is 1.35 bits per heavy atom. The molecular weight excluding hydrogens is 314 g/mol. The molecule has 1 amide bonds. The molecule has 1 atom stereocenters. The molecular formula is C17H25NO4S. The van der Waals surface area contributed by atoms with E-state index in [0.29, 0.717) is 18.7 Å². The molecule has 1 aliphatic heterocycles. The van der Waals surface area contributed by atoms with Crippen molar-refractivity contribution in [2.24, 2.45) is 0 Å². The molecule has 1 aromatic rings. The first-order chi connectivity index (χ1) is 10.8. The predicted molar refractivity (Wildman–Crippen MR) is 90.5 cm³/mol. The van der Waals surface area contributed by atoms with Gasteiger partial charge in [-0.1, -0.05) is 19.1 Å². The molecule has 6 heteroatoms. The van der Waals surface area contributed by atoms with E-state index in [4.69, 9.17) is 4.74 Å². The molecule has 2 rings (SSSR count). The summed E-state index contributed by atoms with van der Waals surface area (Å²) in [6.45, 7) is 6.40. The summed E-state index contributed by atoms with van der Waals surface area (Å²) in [4.78, 5) is 14.2. The number of carbonyl (C=O) groups is 1. The molecule has 5 nitrogen and oxygen atoms in total. The minimum atomic E-state index is -3.01. The van der Waals surface area contributed by atoms with E-state index in [9.17, 15) is 13.2 Å². The third-order valence-corrected chi connectivity index (χ3v) is 5.88. The van der Waals surface area contributed by atoms with Gasteiger partial charge in [0.25, 0.3) is 5.91 Å². The highest BCUT2D eigenvalue weighted by atomic mass is 32.2. The van der Waals surface area contributed by atoms with Crippen LogP contribution in [0.2, 0.25) is 0 Å². The number of hydrogen-bond donors (Lipinski definition) is 0. The van der Waals surface area contributed by atoms with Gasteiger partial charge >= 0.3 is 0 Å². The molecule has 0 aliphatic carbocycles. The topological polar surface area (TPSA) is 63.7 Å². The first-order valence-electron chi connectivity index (χ1n) is 8.02. The number of nitrogens with zero attached hydrogens (tertiary/aromatic N) is 1. The Morgan fingerprint density at radius 3 is 2.70 bits per heavy atom. The Balaban J connectivity index is 2.02. The van der Waals surface area contributed by atoms with Crippen molar-refractivity contribution < 1.29 is 17.9 Å². The van der Waals surface area contributed by atoms with Gasteiger partial charge in [0, 0.05) is 12.6 Å². The highest BCUT2D eigenvalue weighted by Crippen LogP contribution is 2.21. The monoisotopic (exact) mass is 339 g/mol. The molecule has 1 aliphatic rings. The summed E-state index contributed by atoms with van der Waals surface area (Å²) in [5, 5.41) is 0. The third kappa shape index (κ3) is 4.70. The van der Waals surface area contributed by atoms with Crippen LogP contribution < -0.4 is 4.74 Å². The van der Waals surface area contributed by atoms with E-state index in [1.54, 1.807) is 4.90 Å². The van der Waals surface area contributed by atoms with Crippen LogP contribution in [0.4, 0.5) is 0 Å². The molecule has 1 heterocycles. The fourth-order valence-corrected chi connectivity index (χ4v) is 4.59. The second-order valence-corrected chi connectivity index (χ2v) is 8.43. The van der Waals surface area contributed by atoms with Crippen LogP contribution in [0.15, 0.2) is 18.2 Å². The molecule has 0 aromatic heterocycles. The molecule has 0 bridgehead atoms. The van der Waals surface area contributed by atoms with Gasteiger partial charge in [-0.15, -0.1) is 0 Å². The van der Waals surface area contributed by atoms with Crippen LogP contribution in [0.25, 0.3) is 0 Å². The van der Waals surface area contributed by atoms with Crippen LogP contribution in [0.5, 0.6) is 5.75 Å². The van der Waals surface area contributed by atoms with Gasteiger partial charge in [0.1, 0.15) is 5.75 Å². The van der Waals surface area contributed by atoms with Crippen molar-refractivity contribution in [3.05, 3.63) is 29.3 Å². The maximum Gasteiger partial charge on any atom is 0.260 e. The summed E-state index contributed by atoms with van der Waals surface area (Å²) in [6, 6.07) is 5.65. The minimum Gasteiger partial charge on any atom is -0.483 e. The van der Waals surface area contributed by atoms with E-state index < -0.39 is 9.84 Å². The van der Waals surface area contributed by atoms with Gasteiger partial charge in [0.15, 0.2) is 16.4 Å². The summed E-state index contributed by atoms with van der Waals surface area (Å²) >= 11 is 0. The van der Waals surface area contributed by atoms with Crippen molar-refractivity contribution in [1.82, 2.24) is 4.90 Å². The lowest BCUT2D eigenvalue weighted by Crippen LogP contribution is -2.44. The van der Waals surface area contributed by atoms with Gasteiger partial charge in [0.2, 0.25) is 0 Å². The first-order valence-corrected chi connectivity index (χ1v) is 9.84. The van der Waals surface area contributed by atoms with Crippen LogP contribution in [0.1, 0.15) is 30.9 Å². The van der Waals surface area contributed by atoms with Crippen LogP contribution in [0.3, 0.4) is 0 Å². The zero-order chi connectivity index (χ0) is 17.0. The quantitative estimate of drug-likeness (QED) is 0.796. The van der Waals surface area contributed by atoms with E-state index in [1.165, 1.54) is 0 Å². The predicted octanol–water partition coefficient (Wildman–Crippen LogP) is 2.11. The first kappa shape index (κ1) is 17.8. The van der Waals surface area contributed by atoms with Crippen LogP contribution in [0, 0.1) is 13.8 Å². The fourth-order valence-electron chi connectivity index (χ4n) is 2.86. The van der Waals surface area contributed by atoms with Crippen molar-refractivity contribution in [3.8, 4) is 5.75 Å². The third-order valence-electron chi connectivity index (χ3n) is 4.13. The molecule has 23 heavy (non-hydrogen) atoms. The van der Waals surface area contributed by atoms with E-state index >= 15 is 0 Å². The number of sulfone groups is 1. The smallest absolute Gasteiger partial charge is 0.260 e. The van der Waals surface area contributed by atoms with E-state index in [2.05, 4.69) is 0 Å². The van der Waals surface area contributed by atoms with Gasteiger partial charge in [-0.3, -0.25) is 4.79 Å². The Morgan fingerprint density at radius 2 is 2.09 bits per heavy atom. The molecule has 1 aromatic carbocycles. The Bertz CT molecular complexity index is 669. The molecule has 0 saturated carbocycles. The zero-order valence-corrected chi connectivity index (χ0v) is 14.9. The largest absolute Gasteiger partial charge is 0.483 e. The van der Waals surface area contributed by atoms with Gasteiger partial charge in [-0.25, -0.2) is 8.42 Å². The Hall–Kier alpha value is -1.56. The van der Waals surface area contributed by atoms with Crippen molar-refractivity contribution in [2.75, 3.05) is 24.7 Å². The molecule has 0 radical (unpaired) electrons. The number of hydrogen-bond acceptors (Lipinski definition) is 4. The average Bonchev–Trinajstić information content (AvgIpc) is 2.85. The minimum absolute atomic E-state index is 0.0547. The van der Waals surface area contributed by atoms with Crippen LogP contribution >= 0.6 is 0 Å². The Labute approximate surface area is 138 Å². The van der Waals surface area contributed by atoms with Crippen molar-refractivity contribution >= 4 is 15.7 Å². The fraction of sp³-hybridized carbons (Fsp3) is 0.588. The van der Waals surface area contributed by atoms with Gasteiger partial charge in [0.05, 0.1) is 11.5 Å². The Kier molecular flexibility index (Phi) is 5.68. The lowest BCUT2D eigenvalue weighted by atomic mass is 10.1. The number of benzene rings is 1. The number of carbonyl (C=O) groups excluding carboxylic acids is 1. The van der Waals surface area contributed by atoms with E-state index in [-0.39, 0.29) is 30.1 Å². The normalized spacial score (nSPS) is 19.5. The lowest BCUT2D eigenvalue weighted by Gasteiger charge is -2.28. The maximum absolute atomic E-state index is 12.5. The van der Waals surface area contributed by atoms with E-state index in [1.807, 2.05) is 39.0 Å². The molecule has 1 fully saturated rings. The molecule has 1 unspecified atom stereocenters. The molecule has 128 valence electrons. The van der Waals surface area contributed by atoms with E-state index in [0.717, 1.165) is 17.5 Å². The summed E-state index contributed by atoms with van der Waals surface area (Å²) < 4.78 is 29.0. The van der Waals surface area contributed by atoms with Gasteiger partial charge in [-0.05, 0) is 43.9 Å². The number of ether oxygens (including phenoxy) is 1. The second kappa shape index (κ2) is 7.34. The molecule has 0 spiro atoms. The van der Waals surface area contributed by atoms with Crippen LogP contribution in [-0.4, -0.2) is 49.9 Å². The lowest BCUT2D eigenvalue weighted by molar-refractivity contribution is -0.135. The summed E-state index contributed by atoms with van der Waals surface area (Å²) in [7, 11) is -3.01. The second-order valence-electron chi connectivity index (χ2n) is 6.20. The maximum atomic E-state index is 12.5.